The molecule has 0 heterocycles. The van der Waals surface area contributed by atoms with Crippen LogP contribution in [-0.2, 0) is 11.3 Å². The molecule has 1 amide bonds. The van der Waals surface area contributed by atoms with Crippen molar-refractivity contribution in [3.05, 3.63) is 48.0 Å². The van der Waals surface area contributed by atoms with Gasteiger partial charge in [0.1, 0.15) is 6.61 Å². The summed E-state index contributed by atoms with van der Waals surface area (Å²) in [6.45, 7) is 2.51. The Morgan fingerprint density at radius 3 is 2.68 bits per heavy atom. The van der Waals surface area contributed by atoms with Crippen molar-refractivity contribution in [2.45, 2.75) is 38.8 Å². The molecule has 1 aliphatic carbocycles. The number of nitrogens with one attached hydrogen (secondary N) is 1. The van der Waals surface area contributed by atoms with Crippen molar-refractivity contribution in [1.82, 2.24) is 5.32 Å². The molecule has 3 nitrogen and oxygen atoms in total. The van der Waals surface area contributed by atoms with Gasteiger partial charge in [-0.1, -0.05) is 49.4 Å². The van der Waals surface area contributed by atoms with Crippen LogP contribution < -0.4 is 5.32 Å². The lowest BCUT2D eigenvalue weighted by Crippen LogP contribution is -2.35. The van der Waals surface area contributed by atoms with Gasteiger partial charge in [-0.05, 0) is 30.7 Å². The van der Waals surface area contributed by atoms with E-state index in [4.69, 9.17) is 4.74 Å². The quantitative estimate of drug-likeness (QED) is 0.838. The van der Waals surface area contributed by atoms with Gasteiger partial charge in [0.15, 0.2) is 0 Å². The van der Waals surface area contributed by atoms with Gasteiger partial charge in [0.2, 0.25) is 0 Å². The molecule has 2 atom stereocenters. The fourth-order valence-corrected chi connectivity index (χ4v) is 2.25. The van der Waals surface area contributed by atoms with Crippen molar-refractivity contribution in [2.24, 2.45) is 5.92 Å². The Hall–Kier alpha value is -1.77. The molecule has 0 aliphatic heterocycles. The van der Waals surface area contributed by atoms with E-state index >= 15 is 0 Å². The lowest BCUT2D eigenvalue weighted by atomic mass is 9.91. The molecule has 1 N–H and O–H groups in total. The van der Waals surface area contributed by atoms with E-state index in [-0.39, 0.29) is 12.1 Å². The van der Waals surface area contributed by atoms with Gasteiger partial charge in [-0.25, -0.2) is 4.79 Å². The standard InChI is InChI=1S/C16H21NO2/c1-2-13-8-10-15(11-9-13)17-16(18)19-12-14-6-4-3-5-7-14/h3-8,10,13,15H,2,9,11-12H2,1H3,(H,17,18)/t13-,15-/m1/s1. The third kappa shape index (κ3) is 4.43. The first-order valence-corrected chi connectivity index (χ1v) is 6.93. The molecule has 1 aliphatic rings. The number of alkyl carbamates (subject to hydrolysis) is 1. The number of benzene rings is 1. The van der Waals surface area contributed by atoms with Gasteiger partial charge < -0.3 is 10.1 Å². The number of hydrogen-bond donors (Lipinski definition) is 1. The molecule has 1 aromatic carbocycles. The van der Waals surface area contributed by atoms with Crippen LogP contribution in [0.2, 0.25) is 0 Å². The molecule has 1 aromatic rings. The number of carbonyl (C=O) groups excluding carboxylic acids is 1. The molecule has 19 heavy (non-hydrogen) atoms. The average Bonchev–Trinajstić information content (AvgIpc) is 2.47. The Morgan fingerprint density at radius 1 is 1.26 bits per heavy atom. The molecule has 2 rings (SSSR count). The summed E-state index contributed by atoms with van der Waals surface area (Å²) in [5.74, 6) is 0.665. The van der Waals surface area contributed by atoms with Crippen LogP contribution in [0.15, 0.2) is 42.5 Å². The second-order valence-electron chi connectivity index (χ2n) is 4.94. The molecule has 3 heteroatoms. The molecular weight excluding hydrogens is 238 g/mol. The summed E-state index contributed by atoms with van der Waals surface area (Å²) in [5, 5.41) is 2.89. The highest BCUT2D eigenvalue weighted by Gasteiger charge is 2.16. The predicted molar refractivity (Wildman–Crippen MR) is 75.7 cm³/mol. The van der Waals surface area contributed by atoms with Crippen LogP contribution in [0.25, 0.3) is 0 Å². The highest BCUT2D eigenvalue weighted by molar-refractivity contribution is 5.68. The van der Waals surface area contributed by atoms with Crippen LogP contribution in [-0.4, -0.2) is 12.1 Å². The van der Waals surface area contributed by atoms with E-state index in [1.807, 2.05) is 30.3 Å². The lowest BCUT2D eigenvalue weighted by molar-refractivity contribution is 0.136. The lowest BCUT2D eigenvalue weighted by Gasteiger charge is -2.22. The van der Waals surface area contributed by atoms with Crippen molar-refractivity contribution in [3.8, 4) is 0 Å². The fraction of sp³-hybridized carbons (Fsp3) is 0.438. The van der Waals surface area contributed by atoms with E-state index in [1.165, 1.54) is 6.42 Å². The summed E-state index contributed by atoms with van der Waals surface area (Å²) in [4.78, 5) is 11.7. The maximum Gasteiger partial charge on any atom is 0.407 e. The summed E-state index contributed by atoms with van der Waals surface area (Å²) >= 11 is 0. The number of carbonyl (C=O) groups is 1. The van der Waals surface area contributed by atoms with E-state index in [2.05, 4.69) is 24.4 Å². The molecule has 102 valence electrons. The maximum absolute atomic E-state index is 11.7. The van der Waals surface area contributed by atoms with Crippen LogP contribution in [0.1, 0.15) is 31.7 Å². The molecule has 0 fully saturated rings. The van der Waals surface area contributed by atoms with Crippen molar-refractivity contribution >= 4 is 6.09 Å². The minimum absolute atomic E-state index is 0.117. The van der Waals surface area contributed by atoms with Gasteiger partial charge in [0.05, 0.1) is 6.04 Å². The van der Waals surface area contributed by atoms with E-state index in [9.17, 15) is 4.79 Å². The Kier molecular flexibility index (Phi) is 5.01. The summed E-state index contributed by atoms with van der Waals surface area (Å²) in [6.07, 6.45) is 7.24. The third-order valence-corrected chi connectivity index (χ3v) is 3.50. The molecule has 0 bridgehead atoms. The van der Waals surface area contributed by atoms with E-state index in [1.54, 1.807) is 0 Å². The van der Waals surface area contributed by atoms with E-state index < -0.39 is 0 Å². The van der Waals surface area contributed by atoms with Crippen molar-refractivity contribution < 1.29 is 9.53 Å². The largest absolute Gasteiger partial charge is 0.445 e. The Bertz CT molecular complexity index is 428. The smallest absolute Gasteiger partial charge is 0.407 e. The molecule has 0 saturated carbocycles. The zero-order chi connectivity index (χ0) is 13.5. The number of ether oxygens (including phenoxy) is 1. The first-order valence-electron chi connectivity index (χ1n) is 6.93. The van der Waals surface area contributed by atoms with Gasteiger partial charge in [0.25, 0.3) is 0 Å². The van der Waals surface area contributed by atoms with Crippen LogP contribution >= 0.6 is 0 Å². The Labute approximate surface area is 114 Å². The van der Waals surface area contributed by atoms with Crippen molar-refractivity contribution in [3.63, 3.8) is 0 Å². The molecule has 0 saturated heterocycles. The Morgan fingerprint density at radius 2 is 2.05 bits per heavy atom. The first kappa shape index (κ1) is 13.7. The predicted octanol–water partition coefficient (Wildman–Crippen LogP) is 3.66. The van der Waals surface area contributed by atoms with Gasteiger partial charge in [0, 0.05) is 0 Å². The second-order valence-corrected chi connectivity index (χ2v) is 4.94. The summed E-state index contributed by atoms with van der Waals surface area (Å²) in [7, 11) is 0. The van der Waals surface area contributed by atoms with Crippen LogP contribution in [0.3, 0.4) is 0 Å². The average molecular weight is 259 g/mol. The number of allylic oxidation sites excluding steroid dienone is 1. The fourth-order valence-electron chi connectivity index (χ4n) is 2.25. The maximum atomic E-state index is 11.7. The highest BCUT2D eigenvalue weighted by Crippen LogP contribution is 2.20. The van der Waals surface area contributed by atoms with Gasteiger partial charge >= 0.3 is 6.09 Å². The number of amides is 1. The molecule has 0 spiro atoms. The van der Waals surface area contributed by atoms with E-state index in [0.717, 1.165) is 18.4 Å². The van der Waals surface area contributed by atoms with E-state index in [0.29, 0.717) is 12.5 Å². The zero-order valence-corrected chi connectivity index (χ0v) is 11.3. The molecule has 0 aromatic heterocycles. The number of rotatable bonds is 4. The third-order valence-electron chi connectivity index (χ3n) is 3.50. The van der Waals surface area contributed by atoms with Gasteiger partial charge in [-0.15, -0.1) is 0 Å². The minimum Gasteiger partial charge on any atom is -0.445 e. The highest BCUT2D eigenvalue weighted by atomic mass is 16.5. The molecule has 0 unspecified atom stereocenters. The SMILES string of the molecule is CC[C@@H]1C=C[C@@H](NC(=O)OCc2ccccc2)CC1. The summed E-state index contributed by atoms with van der Waals surface area (Å²) in [5.41, 5.74) is 1.00. The zero-order valence-electron chi connectivity index (χ0n) is 11.3. The second kappa shape index (κ2) is 6.98. The Balaban J connectivity index is 1.73. The van der Waals surface area contributed by atoms with Crippen LogP contribution in [0.4, 0.5) is 4.79 Å². The van der Waals surface area contributed by atoms with Crippen LogP contribution in [0.5, 0.6) is 0 Å². The van der Waals surface area contributed by atoms with Crippen LogP contribution in [0, 0.1) is 5.92 Å². The number of hydrogen-bond acceptors (Lipinski definition) is 2. The minimum atomic E-state index is -0.339. The van der Waals surface area contributed by atoms with Gasteiger partial charge in [-0.2, -0.15) is 0 Å². The topological polar surface area (TPSA) is 38.3 Å². The molecular formula is C16H21NO2. The first-order chi connectivity index (χ1) is 9.28. The van der Waals surface area contributed by atoms with Crippen molar-refractivity contribution in [1.29, 1.82) is 0 Å². The summed E-state index contributed by atoms with van der Waals surface area (Å²) < 4.78 is 5.20. The monoisotopic (exact) mass is 259 g/mol. The summed E-state index contributed by atoms with van der Waals surface area (Å²) in [6, 6.07) is 9.82. The van der Waals surface area contributed by atoms with Crippen molar-refractivity contribution in [2.75, 3.05) is 0 Å². The normalized spacial score (nSPS) is 21.9. The molecule has 0 radical (unpaired) electrons. The van der Waals surface area contributed by atoms with Gasteiger partial charge in [-0.3, -0.25) is 0 Å².